The predicted molar refractivity (Wildman–Crippen MR) is 63.7 cm³/mol. The fourth-order valence-corrected chi connectivity index (χ4v) is 0.687. The van der Waals surface area contributed by atoms with Crippen LogP contribution >= 0.6 is 0 Å². The molecule has 0 aliphatic carbocycles. The maximum Gasteiger partial charge on any atom is 0.116 e. The molecule has 0 saturated carbocycles. The first-order valence-corrected chi connectivity index (χ1v) is 5.80. The summed E-state index contributed by atoms with van der Waals surface area (Å²) >= 11 is 0. The van der Waals surface area contributed by atoms with Crippen LogP contribution in [0.15, 0.2) is 0 Å². The summed E-state index contributed by atoms with van der Waals surface area (Å²) in [5, 5.41) is 0. The number of rotatable bonds is 0. The average molecular weight is 204 g/mol. The smallest absolute Gasteiger partial charge is 0.116 e. The maximum absolute atomic E-state index is 8.81. The van der Waals surface area contributed by atoms with Crippen LogP contribution in [0.5, 0.6) is 0 Å². The van der Waals surface area contributed by atoms with Crippen LogP contribution in [0.4, 0.5) is 0 Å². The van der Waals surface area contributed by atoms with Crippen LogP contribution in [0, 0.1) is 0 Å². The summed E-state index contributed by atoms with van der Waals surface area (Å²) in [4.78, 5) is 8.81. The van der Waals surface area contributed by atoms with E-state index in [4.69, 9.17) is 9.53 Å². The third-order valence-electron chi connectivity index (χ3n) is 1.08. The summed E-state index contributed by atoms with van der Waals surface area (Å²) in [5.74, 6) is 0. The van der Waals surface area contributed by atoms with E-state index in [9.17, 15) is 0 Å². The van der Waals surface area contributed by atoms with Crippen molar-refractivity contribution >= 4 is 6.29 Å². The highest BCUT2D eigenvalue weighted by Crippen LogP contribution is 2.02. The van der Waals surface area contributed by atoms with Gasteiger partial charge in [-0.15, -0.1) is 0 Å². The van der Waals surface area contributed by atoms with Gasteiger partial charge >= 0.3 is 0 Å². The molecule has 0 spiro atoms. The molecule has 0 aromatic heterocycles. The van der Waals surface area contributed by atoms with Crippen molar-refractivity contribution in [2.75, 3.05) is 13.2 Å². The van der Waals surface area contributed by atoms with Crippen molar-refractivity contribution in [1.29, 1.82) is 0 Å². The van der Waals surface area contributed by atoms with Crippen LogP contribution < -0.4 is 0 Å². The number of hydrogen-bond donors (Lipinski definition) is 0. The van der Waals surface area contributed by atoms with E-state index in [2.05, 4.69) is 13.8 Å². The zero-order valence-corrected chi connectivity index (χ0v) is 10.6. The van der Waals surface area contributed by atoms with Crippen molar-refractivity contribution in [2.45, 2.75) is 60.3 Å². The minimum absolute atomic E-state index is 0.750. The molecule has 1 aliphatic rings. The molecule has 0 aromatic rings. The van der Waals surface area contributed by atoms with E-state index < -0.39 is 0 Å². The van der Waals surface area contributed by atoms with Crippen molar-refractivity contribution in [2.24, 2.45) is 0 Å². The molecule has 1 rings (SSSR count). The minimum atomic E-state index is 0.750. The summed E-state index contributed by atoms with van der Waals surface area (Å²) in [6.45, 7) is 11.7. The van der Waals surface area contributed by atoms with Gasteiger partial charge in [-0.3, -0.25) is 0 Å². The molecule has 2 nitrogen and oxygen atoms in total. The van der Waals surface area contributed by atoms with Crippen LogP contribution in [0.2, 0.25) is 0 Å². The van der Waals surface area contributed by atoms with E-state index in [0.29, 0.717) is 0 Å². The van der Waals surface area contributed by atoms with Crippen LogP contribution in [0.25, 0.3) is 0 Å². The maximum atomic E-state index is 8.81. The van der Waals surface area contributed by atoms with Gasteiger partial charge in [0.2, 0.25) is 0 Å². The van der Waals surface area contributed by atoms with Gasteiger partial charge in [0.25, 0.3) is 0 Å². The second-order valence-corrected chi connectivity index (χ2v) is 2.62. The quantitative estimate of drug-likeness (QED) is 0.560. The molecule has 1 heterocycles. The largest absolute Gasteiger partial charge is 0.381 e. The molecule has 88 valence electrons. The molecule has 1 saturated heterocycles. The first kappa shape index (κ1) is 19.2. The number of aldehydes is 1. The zero-order valence-electron chi connectivity index (χ0n) is 10.6. The highest BCUT2D eigenvalue weighted by molar-refractivity contribution is 5.44. The van der Waals surface area contributed by atoms with E-state index in [-0.39, 0.29) is 0 Å². The lowest BCUT2D eigenvalue weighted by Crippen LogP contribution is -2.03. The average Bonchev–Trinajstić information content (AvgIpc) is 2.26. The van der Waals surface area contributed by atoms with Gasteiger partial charge in [-0.1, -0.05) is 34.1 Å². The first-order valence-electron chi connectivity index (χ1n) is 5.80. The van der Waals surface area contributed by atoms with Crippen LogP contribution in [0.1, 0.15) is 60.3 Å². The Bertz CT molecular complexity index is 57.2. The molecule has 0 radical (unpaired) electrons. The van der Waals surface area contributed by atoms with E-state index in [1.807, 2.05) is 13.8 Å². The summed E-state index contributed by atoms with van der Waals surface area (Å²) in [5.41, 5.74) is 0. The zero-order chi connectivity index (χ0) is 11.7. The second-order valence-electron chi connectivity index (χ2n) is 2.62. The molecule has 0 bridgehead atoms. The highest BCUT2D eigenvalue weighted by Gasteiger charge is 1.94. The van der Waals surface area contributed by atoms with Gasteiger partial charge < -0.3 is 9.53 Å². The summed E-state index contributed by atoms with van der Waals surface area (Å²) in [6, 6.07) is 0. The molecule has 1 aliphatic heterocycles. The van der Waals surface area contributed by atoms with E-state index in [0.717, 1.165) is 19.5 Å². The molecule has 0 N–H and O–H groups in total. The Balaban J connectivity index is -0.000000132. The van der Waals surface area contributed by atoms with Crippen LogP contribution in [-0.2, 0) is 9.53 Å². The van der Waals surface area contributed by atoms with Gasteiger partial charge in [0.05, 0.1) is 0 Å². The second kappa shape index (κ2) is 29.3. The first-order chi connectivity index (χ1) is 6.83. The SMILES string of the molecule is C1CCOCC1.CC.CC=O.CCC. The van der Waals surface area contributed by atoms with E-state index in [1.54, 1.807) is 0 Å². The lowest BCUT2D eigenvalue weighted by atomic mass is 10.2. The standard InChI is InChI=1S/C5H10O.C3H8.C2H4O.C2H6/c1-2-4-6-5-3-1;1-3-2;1-2-3;1-2/h1-5H2;3H2,1-2H3;2H,1H3;1-2H3. The van der Waals surface area contributed by atoms with Gasteiger partial charge in [-0.25, -0.2) is 0 Å². The molecule has 1 fully saturated rings. The monoisotopic (exact) mass is 204 g/mol. The number of ether oxygens (including phenoxy) is 1. The topological polar surface area (TPSA) is 26.3 Å². The van der Waals surface area contributed by atoms with Crippen LogP contribution in [0.3, 0.4) is 0 Å². The van der Waals surface area contributed by atoms with E-state index >= 15 is 0 Å². The molecule has 14 heavy (non-hydrogen) atoms. The highest BCUT2D eigenvalue weighted by atomic mass is 16.5. The molecule has 0 atom stereocenters. The normalized spacial score (nSPS) is 12.9. The van der Waals surface area contributed by atoms with Gasteiger partial charge in [0.15, 0.2) is 0 Å². The number of carbonyl (C=O) groups is 1. The van der Waals surface area contributed by atoms with Gasteiger partial charge in [-0.2, -0.15) is 0 Å². The Morgan fingerprint density at radius 2 is 1.36 bits per heavy atom. The number of carbonyl (C=O) groups excluding carboxylic acids is 1. The number of hydrogen-bond acceptors (Lipinski definition) is 2. The van der Waals surface area contributed by atoms with Crippen molar-refractivity contribution < 1.29 is 9.53 Å². The lowest BCUT2D eigenvalue weighted by molar-refractivity contribution is -0.106. The Morgan fingerprint density at radius 3 is 1.43 bits per heavy atom. The Kier molecular flexibility index (Phi) is 40.3. The van der Waals surface area contributed by atoms with Gasteiger partial charge in [0, 0.05) is 13.2 Å². The molecule has 0 amide bonds. The van der Waals surface area contributed by atoms with Crippen LogP contribution in [-0.4, -0.2) is 19.5 Å². The van der Waals surface area contributed by atoms with Gasteiger partial charge in [-0.05, 0) is 26.2 Å². The van der Waals surface area contributed by atoms with Crippen molar-refractivity contribution in [1.82, 2.24) is 0 Å². The Labute approximate surface area is 90.0 Å². The van der Waals surface area contributed by atoms with Gasteiger partial charge in [0.1, 0.15) is 6.29 Å². The fraction of sp³-hybridized carbons (Fsp3) is 0.917. The third kappa shape index (κ3) is 41.5. The molecular formula is C12H28O2. The molecule has 2 heteroatoms. The van der Waals surface area contributed by atoms with Crippen molar-refractivity contribution in [3.05, 3.63) is 0 Å². The predicted octanol–water partition coefficient (Wildman–Crippen LogP) is 3.83. The van der Waals surface area contributed by atoms with Crippen molar-refractivity contribution in [3.63, 3.8) is 0 Å². The molecular weight excluding hydrogens is 176 g/mol. The summed E-state index contributed by atoms with van der Waals surface area (Å²) in [6.07, 6.45) is 5.93. The summed E-state index contributed by atoms with van der Waals surface area (Å²) in [7, 11) is 0. The van der Waals surface area contributed by atoms with Crippen molar-refractivity contribution in [3.8, 4) is 0 Å². The van der Waals surface area contributed by atoms with E-state index in [1.165, 1.54) is 32.6 Å². The Morgan fingerprint density at radius 1 is 1.07 bits per heavy atom. The third-order valence-corrected chi connectivity index (χ3v) is 1.08. The Hall–Kier alpha value is -0.370. The summed E-state index contributed by atoms with van der Waals surface area (Å²) < 4.78 is 5.07. The fourth-order valence-electron chi connectivity index (χ4n) is 0.687. The minimum Gasteiger partial charge on any atom is -0.381 e. The molecule has 0 unspecified atom stereocenters. The molecule has 0 aromatic carbocycles. The lowest BCUT2D eigenvalue weighted by Gasteiger charge is -2.08.